The fourth-order valence-electron chi connectivity index (χ4n) is 3.21. The normalized spacial score (nSPS) is 24.9. The quantitative estimate of drug-likeness (QED) is 0.893. The molecular weight excluding hydrogens is 260 g/mol. The lowest BCUT2D eigenvalue weighted by molar-refractivity contribution is -0.159. The fraction of sp³-hybridized carbons (Fsp3) is 0.625. The lowest BCUT2D eigenvalue weighted by atomic mass is 9.60. The molecule has 0 radical (unpaired) electrons. The number of aryl methyl sites for hydroxylation is 2. The van der Waals surface area contributed by atoms with Gasteiger partial charge in [0.15, 0.2) is 0 Å². The minimum Gasteiger partial charge on any atom is -0.490 e. The van der Waals surface area contributed by atoms with Gasteiger partial charge >= 0.3 is 0 Å². The monoisotopic (exact) mass is 282 g/mol. The summed E-state index contributed by atoms with van der Waals surface area (Å²) in [6, 6.07) is 3.96. The van der Waals surface area contributed by atoms with Crippen LogP contribution < -0.4 is 4.74 Å². The van der Waals surface area contributed by atoms with E-state index in [-0.39, 0.29) is 17.6 Å². The molecule has 2 atom stereocenters. The maximum atomic E-state index is 10.1. The van der Waals surface area contributed by atoms with Crippen molar-refractivity contribution in [2.24, 2.45) is 5.41 Å². The third kappa shape index (κ3) is 2.36. The smallest absolute Gasteiger partial charge is 0.120 e. The molecule has 1 aliphatic rings. The molecule has 19 heavy (non-hydrogen) atoms. The van der Waals surface area contributed by atoms with E-state index in [1.54, 1.807) is 0 Å². The lowest BCUT2D eigenvalue weighted by Gasteiger charge is -2.52. The topological polar surface area (TPSA) is 29.5 Å². The van der Waals surface area contributed by atoms with Gasteiger partial charge in [0, 0.05) is 16.9 Å². The molecule has 1 aromatic carbocycles. The Labute approximate surface area is 120 Å². The van der Waals surface area contributed by atoms with Gasteiger partial charge < -0.3 is 9.84 Å². The fourth-order valence-corrected chi connectivity index (χ4v) is 3.32. The number of aliphatic hydroxyl groups is 1. The van der Waals surface area contributed by atoms with E-state index in [4.69, 9.17) is 16.3 Å². The number of ether oxygens (including phenoxy) is 1. The van der Waals surface area contributed by atoms with E-state index in [1.165, 1.54) is 0 Å². The van der Waals surface area contributed by atoms with Crippen molar-refractivity contribution in [2.45, 2.75) is 59.2 Å². The number of rotatable bonds is 4. The zero-order chi connectivity index (χ0) is 14.2. The first-order valence-electron chi connectivity index (χ1n) is 7.06. The van der Waals surface area contributed by atoms with Crippen LogP contribution in [0.5, 0.6) is 5.75 Å². The summed E-state index contributed by atoms with van der Waals surface area (Å²) < 4.78 is 6.12. The maximum absolute atomic E-state index is 10.1. The number of hydrogen-bond donors (Lipinski definition) is 1. The second-order valence-corrected chi connectivity index (χ2v) is 6.05. The Balaban J connectivity index is 2.19. The largest absolute Gasteiger partial charge is 0.490 e. The van der Waals surface area contributed by atoms with Crippen LogP contribution in [0.3, 0.4) is 0 Å². The van der Waals surface area contributed by atoms with Crippen LogP contribution in [0.2, 0.25) is 5.02 Å². The van der Waals surface area contributed by atoms with Gasteiger partial charge in [-0.05, 0) is 49.9 Å². The first-order valence-corrected chi connectivity index (χ1v) is 7.43. The van der Waals surface area contributed by atoms with E-state index in [2.05, 4.69) is 13.8 Å². The summed E-state index contributed by atoms with van der Waals surface area (Å²) in [4.78, 5) is 0. The number of halogens is 1. The Hall–Kier alpha value is -0.730. The summed E-state index contributed by atoms with van der Waals surface area (Å²) in [6.07, 6.45) is 2.49. The Bertz CT molecular complexity index is 443. The van der Waals surface area contributed by atoms with E-state index in [0.717, 1.165) is 41.2 Å². The Kier molecular flexibility index (Phi) is 4.12. The molecule has 1 aromatic rings. The molecule has 3 heteroatoms. The van der Waals surface area contributed by atoms with Crippen molar-refractivity contribution in [3.63, 3.8) is 0 Å². The highest BCUT2D eigenvalue weighted by Gasteiger charge is 2.53. The zero-order valence-corrected chi connectivity index (χ0v) is 12.9. The molecule has 106 valence electrons. The van der Waals surface area contributed by atoms with Crippen molar-refractivity contribution in [2.75, 3.05) is 0 Å². The van der Waals surface area contributed by atoms with Gasteiger partial charge in [-0.25, -0.2) is 0 Å². The number of benzene rings is 1. The molecule has 0 amide bonds. The molecule has 1 aliphatic carbocycles. The minimum absolute atomic E-state index is 0.0819. The number of aliphatic hydroxyl groups excluding tert-OH is 1. The van der Waals surface area contributed by atoms with E-state index in [9.17, 15) is 5.11 Å². The Morgan fingerprint density at radius 2 is 1.79 bits per heavy atom. The molecule has 0 saturated heterocycles. The molecule has 0 spiro atoms. The van der Waals surface area contributed by atoms with Crippen LogP contribution in [-0.2, 0) is 0 Å². The van der Waals surface area contributed by atoms with Gasteiger partial charge in [-0.15, -0.1) is 0 Å². The Morgan fingerprint density at radius 1 is 1.26 bits per heavy atom. The average molecular weight is 283 g/mol. The molecule has 0 aliphatic heterocycles. The van der Waals surface area contributed by atoms with E-state index in [0.29, 0.717) is 0 Å². The second kappa shape index (κ2) is 5.34. The van der Waals surface area contributed by atoms with Crippen LogP contribution in [0.25, 0.3) is 0 Å². The van der Waals surface area contributed by atoms with Crippen LogP contribution in [0.1, 0.15) is 44.2 Å². The van der Waals surface area contributed by atoms with E-state index in [1.807, 2.05) is 26.0 Å². The molecular formula is C16H23ClO2. The second-order valence-electron chi connectivity index (χ2n) is 5.67. The lowest BCUT2D eigenvalue weighted by Crippen LogP contribution is -2.59. The van der Waals surface area contributed by atoms with Crippen molar-refractivity contribution >= 4 is 11.6 Å². The van der Waals surface area contributed by atoms with Crippen LogP contribution in [0.15, 0.2) is 12.1 Å². The van der Waals surface area contributed by atoms with E-state index >= 15 is 0 Å². The average Bonchev–Trinajstić information content (AvgIpc) is 2.37. The zero-order valence-electron chi connectivity index (χ0n) is 12.2. The standard InChI is InChI=1S/C16H23ClO2/c1-5-16(6-2)13(18)9-14(16)19-12-7-10(3)15(17)11(4)8-12/h7-8,13-14,18H,5-6,9H2,1-4H3. The van der Waals surface area contributed by atoms with Crippen LogP contribution in [0.4, 0.5) is 0 Å². The highest BCUT2D eigenvalue weighted by atomic mass is 35.5. The first-order chi connectivity index (χ1) is 8.94. The van der Waals surface area contributed by atoms with Crippen molar-refractivity contribution in [3.8, 4) is 5.75 Å². The van der Waals surface area contributed by atoms with Gasteiger partial charge in [0.25, 0.3) is 0 Å². The highest BCUT2D eigenvalue weighted by molar-refractivity contribution is 6.32. The van der Waals surface area contributed by atoms with Gasteiger partial charge in [0.2, 0.25) is 0 Å². The van der Waals surface area contributed by atoms with Crippen LogP contribution in [0, 0.1) is 19.3 Å². The SMILES string of the molecule is CCC1(CC)C(O)CC1Oc1cc(C)c(Cl)c(C)c1. The highest BCUT2D eigenvalue weighted by Crippen LogP contribution is 2.49. The molecule has 1 saturated carbocycles. The summed E-state index contributed by atoms with van der Waals surface area (Å²) in [5, 5.41) is 10.9. The molecule has 0 bridgehead atoms. The third-order valence-corrected chi connectivity index (χ3v) is 5.34. The predicted octanol–water partition coefficient (Wildman–Crippen LogP) is 4.28. The first kappa shape index (κ1) is 14.7. The molecule has 0 aromatic heterocycles. The molecule has 2 rings (SSSR count). The van der Waals surface area contributed by atoms with Crippen molar-refractivity contribution < 1.29 is 9.84 Å². The summed E-state index contributed by atoms with van der Waals surface area (Å²) in [5.41, 5.74) is 1.99. The predicted molar refractivity (Wildman–Crippen MR) is 79.0 cm³/mol. The maximum Gasteiger partial charge on any atom is 0.120 e. The van der Waals surface area contributed by atoms with Crippen LogP contribution >= 0.6 is 11.6 Å². The van der Waals surface area contributed by atoms with Crippen molar-refractivity contribution in [1.29, 1.82) is 0 Å². The Morgan fingerprint density at radius 3 is 2.21 bits per heavy atom. The molecule has 2 unspecified atom stereocenters. The van der Waals surface area contributed by atoms with Gasteiger partial charge in [-0.1, -0.05) is 25.4 Å². The third-order valence-electron chi connectivity index (χ3n) is 4.75. The molecule has 1 N–H and O–H groups in total. The van der Waals surface area contributed by atoms with Gasteiger partial charge in [-0.2, -0.15) is 0 Å². The summed E-state index contributed by atoms with van der Waals surface area (Å²) in [6.45, 7) is 8.23. The van der Waals surface area contributed by atoms with Gasteiger partial charge in [0.1, 0.15) is 11.9 Å². The molecule has 0 heterocycles. The van der Waals surface area contributed by atoms with E-state index < -0.39 is 0 Å². The van der Waals surface area contributed by atoms with Crippen LogP contribution in [-0.4, -0.2) is 17.3 Å². The van der Waals surface area contributed by atoms with Crippen molar-refractivity contribution in [1.82, 2.24) is 0 Å². The molecule has 1 fully saturated rings. The van der Waals surface area contributed by atoms with Crippen molar-refractivity contribution in [3.05, 3.63) is 28.3 Å². The summed E-state index contributed by atoms with van der Waals surface area (Å²) in [5.74, 6) is 0.863. The summed E-state index contributed by atoms with van der Waals surface area (Å²) in [7, 11) is 0. The van der Waals surface area contributed by atoms with Gasteiger partial charge in [-0.3, -0.25) is 0 Å². The summed E-state index contributed by atoms with van der Waals surface area (Å²) >= 11 is 6.17. The van der Waals surface area contributed by atoms with Gasteiger partial charge in [0.05, 0.1) is 6.10 Å². The minimum atomic E-state index is -0.234. The number of hydrogen-bond acceptors (Lipinski definition) is 2. The molecule has 2 nitrogen and oxygen atoms in total.